The van der Waals surface area contributed by atoms with Crippen LogP contribution in [0.25, 0.3) is 0 Å². The van der Waals surface area contributed by atoms with Crippen molar-refractivity contribution < 1.29 is 8.42 Å². The van der Waals surface area contributed by atoms with Gasteiger partial charge in [0.15, 0.2) is 0 Å². The van der Waals surface area contributed by atoms with Gasteiger partial charge >= 0.3 is 0 Å². The molecule has 5 heteroatoms. The molecule has 1 aromatic rings. The first-order chi connectivity index (χ1) is 7.29. The molecule has 0 saturated carbocycles. The molecule has 0 fully saturated rings. The van der Waals surface area contributed by atoms with Crippen molar-refractivity contribution in [3.63, 3.8) is 0 Å². The van der Waals surface area contributed by atoms with Crippen LogP contribution in [0.1, 0.15) is 11.1 Å². The van der Waals surface area contributed by atoms with E-state index < -0.39 is 9.84 Å². The van der Waals surface area contributed by atoms with Crippen molar-refractivity contribution in [1.29, 1.82) is 0 Å². The third kappa shape index (κ3) is 4.14. The molecule has 90 valence electrons. The third-order valence-electron chi connectivity index (χ3n) is 2.21. The molecule has 1 rings (SSSR count). The molecular formula is C11H16BrNO2S. The van der Waals surface area contributed by atoms with Crippen molar-refractivity contribution in [3.05, 3.63) is 27.7 Å². The quantitative estimate of drug-likeness (QED) is 0.930. The van der Waals surface area contributed by atoms with Gasteiger partial charge in [0.1, 0.15) is 9.84 Å². The molecule has 1 aromatic carbocycles. The van der Waals surface area contributed by atoms with E-state index in [2.05, 4.69) is 27.3 Å². The van der Waals surface area contributed by atoms with E-state index in [-0.39, 0.29) is 5.75 Å². The number of hydrogen-bond donors (Lipinski definition) is 1. The van der Waals surface area contributed by atoms with Crippen LogP contribution in [-0.4, -0.2) is 27.0 Å². The van der Waals surface area contributed by atoms with E-state index in [0.717, 1.165) is 15.7 Å². The Morgan fingerprint density at radius 1 is 1.31 bits per heavy atom. The molecular weight excluding hydrogens is 290 g/mol. The van der Waals surface area contributed by atoms with Crippen LogP contribution in [0.2, 0.25) is 0 Å². The minimum atomic E-state index is -2.91. The normalized spacial score (nSPS) is 11.5. The average molecular weight is 306 g/mol. The Morgan fingerprint density at radius 3 is 2.44 bits per heavy atom. The topological polar surface area (TPSA) is 46.2 Å². The third-order valence-corrected chi connectivity index (χ3v) is 3.78. The monoisotopic (exact) mass is 305 g/mol. The molecule has 16 heavy (non-hydrogen) atoms. The van der Waals surface area contributed by atoms with Crippen LogP contribution in [0.15, 0.2) is 16.6 Å². The van der Waals surface area contributed by atoms with E-state index in [1.54, 1.807) is 0 Å². The zero-order chi connectivity index (χ0) is 12.3. The summed E-state index contributed by atoms with van der Waals surface area (Å²) in [6.45, 7) is 4.46. The fourth-order valence-corrected chi connectivity index (χ4v) is 2.79. The molecule has 1 N–H and O–H groups in total. The Morgan fingerprint density at radius 2 is 1.94 bits per heavy atom. The van der Waals surface area contributed by atoms with E-state index in [4.69, 9.17) is 0 Å². The molecule has 0 saturated heterocycles. The SMILES string of the molecule is Cc1cc(C)c(NCCS(C)(=O)=O)c(Br)c1. The summed E-state index contributed by atoms with van der Waals surface area (Å²) in [5.41, 5.74) is 3.26. The number of sulfone groups is 1. The highest BCUT2D eigenvalue weighted by Gasteiger charge is 2.06. The first-order valence-electron chi connectivity index (χ1n) is 4.98. The minimum Gasteiger partial charge on any atom is -0.383 e. The Hall–Kier alpha value is -0.550. The van der Waals surface area contributed by atoms with Crippen molar-refractivity contribution >= 4 is 31.5 Å². The van der Waals surface area contributed by atoms with Gasteiger partial charge in [-0.25, -0.2) is 8.42 Å². The van der Waals surface area contributed by atoms with Gasteiger partial charge in [0.25, 0.3) is 0 Å². The summed E-state index contributed by atoms with van der Waals surface area (Å²) in [7, 11) is -2.91. The molecule has 0 aliphatic rings. The number of rotatable bonds is 4. The first-order valence-corrected chi connectivity index (χ1v) is 7.83. The van der Waals surface area contributed by atoms with Crippen molar-refractivity contribution in [2.75, 3.05) is 23.9 Å². The van der Waals surface area contributed by atoms with Crippen molar-refractivity contribution in [1.82, 2.24) is 0 Å². The van der Waals surface area contributed by atoms with Gasteiger partial charge in [0, 0.05) is 17.3 Å². The molecule has 3 nitrogen and oxygen atoms in total. The summed E-state index contributed by atoms with van der Waals surface area (Å²) in [6.07, 6.45) is 1.24. The molecule has 0 spiro atoms. The van der Waals surface area contributed by atoms with Crippen LogP contribution >= 0.6 is 15.9 Å². The van der Waals surface area contributed by atoms with E-state index in [1.165, 1.54) is 11.8 Å². The maximum atomic E-state index is 11.0. The fourth-order valence-electron chi connectivity index (χ4n) is 1.50. The molecule has 0 bridgehead atoms. The summed E-state index contributed by atoms with van der Waals surface area (Å²) in [5.74, 6) is 0.146. The molecule has 0 atom stereocenters. The molecule has 0 aliphatic heterocycles. The Kier molecular flexibility index (Phi) is 4.38. The minimum absolute atomic E-state index is 0.146. The number of hydrogen-bond acceptors (Lipinski definition) is 3. The molecule has 0 unspecified atom stereocenters. The largest absolute Gasteiger partial charge is 0.383 e. The second-order valence-corrected chi connectivity index (χ2v) is 7.11. The summed E-state index contributed by atoms with van der Waals surface area (Å²) < 4.78 is 23.0. The average Bonchev–Trinajstić information content (AvgIpc) is 2.07. The fraction of sp³-hybridized carbons (Fsp3) is 0.455. The van der Waals surface area contributed by atoms with Gasteiger partial charge in [-0.1, -0.05) is 6.07 Å². The Balaban J connectivity index is 2.75. The maximum Gasteiger partial charge on any atom is 0.149 e. The lowest BCUT2D eigenvalue weighted by molar-refractivity contribution is 0.602. The van der Waals surface area contributed by atoms with Gasteiger partial charge in [-0.05, 0) is 47.0 Å². The Bertz CT molecular complexity index is 460. The molecule has 0 radical (unpaired) electrons. The summed E-state index contributed by atoms with van der Waals surface area (Å²) in [5, 5.41) is 3.14. The second kappa shape index (κ2) is 5.19. The molecule has 0 heterocycles. The van der Waals surface area contributed by atoms with Gasteiger partial charge in [0.2, 0.25) is 0 Å². The summed E-state index contributed by atoms with van der Waals surface area (Å²) in [6, 6.07) is 4.07. The van der Waals surface area contributed by atoms with Crippen LogP contribution in [0.5, 0.6) is 0 Å². The van der Waals surface area contributed by atoms with E-state index in [0.29, 0.717) is 6.54 Å². The standard InChI is InChI=1S/C11H16BrNO2S/c1-8-6-9(2)11(10(12)7-8)13-4-5-16(3,14)15/h6-7,13H,4-5H2,1-3H3. The van der Waals surface area contributed by atoms with Crippen LogP contribution in [-0.2, 0) is 9.84 Å². The van der Waals surface area contributed by atoms with Crippen LogP contribution < -0.4 is 5.32 Å². The molecule has 0 amide bonds. The lowest BCUT2D eigenvalue weighted by Gasteiger charge is -2.12. The number of aryl methyl sites for hydroxylation is 2. The first kappa shape index (κ1) is 13.5. The smallest absolute Gasteiger partial charge is 0.149 e. The summed E-state index contributed by atoms with van der Waals surface area (Å²) in [4.78, 5) is 0. The van der Waals surface area contributed by atoms with Gasteiger partial charge in [-0.2, -0.15) is 0 Å². The van der Waals surface area contributed by atoms with Crippen molar-refractivity contribution in [2.45, 2.75) is 13.8 Å². The summed E-state index contributed by atoms with van der Waals surface area (Å²) >= 11 is 3.47. The number of halogens is 1. The highest BCUT2D eigenvalue weighted by Crippen LogP contribution is 2.27. The van der Waals surface area contributed by atoms with E-state index in [9.17, 15) is 8.42 Å². The second-order valence-electron chi connectivity index (χ2n) is 4.00. The number of nitrogens with one attached hydrogen (secondary N) is 1. The van der Waals surface area contributed by atoms with Crippen molar-refractivity contribution in [2.24, 2.45) is 0 Å². The number of anilines is 1. The highest BCUT2D eigenvalue weighted by molar-refractivity contribution is 9.10. The van der Waals surface area contributed by atoms with Crippen molar-refractivity contribution in [3.8, 4) is 0 Å². The van der Waals surface area contributed by atoms with Crippen LogP contribution in [0.4, 0.5) is 5.69 Å². The zero-order valence-corrected chi connectivity index (χ0v) is 12.1. The van der Waals surface area contributed by atoms with Gasteiger partial charge in [-0.15, -0.1) is 0 Å². The predicted octanol–water partition coefficient (Wildman–Crippen LogP) is 2.52. The lowest BCUT2D eigenvalue weighted by Crippen LogP contribution is -2.15. The predicted molar refractivity (Wildman–Crippen MR) is 71.8 cm³/mol. The van der Waals surface area contributed by atoms with Gasteiger partial charge in [-0.3, -0.25) is 0 Å². The van der Waals surface area contributed by atoms with E-state index in [1.807, 2.05) is 19.9 Å². The highest BCUT2D eigenvalue weighted by atomic mass is 79.9. The zero-order valence-electron chi connectivity index (χ0n) is 9.67. The van der Waals surface area contributed by atoms with Crippen LogP contribution in [0.3, 0.4) is 0 Å². The number of benzene rings is 1. The van der Waals surface area contributed by atoms with E-state index >= 15 is 0 Å². The molecule has 0 aromatic heterocycles. The maximum absolute atomic E-state index is 11.0. The van der Waals surface area contributed by atoms with Gasteiger partial charge < -0.3 is 5.32 Å². The Labute approximate surface area is 105 Å². The van der Waals surface area contributed by atoms with Crippen LogP contribution in [0, 0.1) is 13.8 Å². The lowest BCUT2D eigenvalue weighted by atomic mass is 10.1. The van der Waals surface area contributed by atoms with Gasteiger partial charge in [0.05, 0.1) is 11.4 Å². The molecule has 0 aliphatic carbocycles.